The van der Waals surface area contributed by atoms with E-state index < -0.39 is 11.9 Å². The van der Waals surface area contributed by atoms with E-state index in [1.54, 1.807) is 19.1 Å². The van der Waals surface area contributed by atoms with E-state index in [1.807, 2.05) is 6.07 Å². The molecule has 148 valence electrons. The van der Waals surface area contributed by atoms with Gasteiger partial charge >= 0.3 is 6.18 Å². The van der Waals surface area contributed by atoms with Crippen LogP contribution in [-0.2, 0) is 19.8 Å². The molecule has 0 saturated heterocycles. The molecule has 0 fully saturated rings. The van der Waals surface area contributed by atoms with Crippen molar-refractivity contribution in [2.75, 3.05) is 7.11 Å². The van der Waals surface area contributed by atoms with Crippen molar-refractivity contribution in [1.82, 2.24) is 19.5 Å². The summed E-state index contributed by atoms with van der Waals surface area (Å²) in [6.45, 7) is 1.96. The second-order valence-corrected chi connectivity index (χ2v) is 6.35. The number of benzene rings is 1. The summed E-state index contributed by atoms with van der Waals surface area (Å²) < 4.78 is 50.8. The fourth-order valence-corrected chi connectivity index (χ4v) is 2.78. The summed E-state index contributed by atoms with van der Waals surface area (Å²) in [5, 5.41) is 0.0255. The second-order valence-electron chi connectivity index (χ2n) is 6.01. The third kappa shape index (κ3) is 4.19. The Morgan fingerprint density at radius 1 is 1.21 bits per heavy atom. The molecule has 3 aromatic rings. The maximum absolute atomic E-state index is 12.9. The van der Waals surface area contributed by atoms with Gasteiger partial charge in [0.25, 0.3) is 5.88 Å². The molecule has 2 heterocycles. The Labute approximate surface area is 163 Å². The first-order chi connectivity index (χ1) is 13.2. The van der Waals surface area contributed by atoms with Crippen molar-refractivity contribution in [3.63, 3.8) is 0 Å². The van der Waals surface area contributed by atoms with Crippen LogP contribution in [-0.4, -0.2) is 26.6 Å². The van der Waals surface area contributed by atoms with Crippen LogP contribution < -0.4 is 9.47 Å². The van der Waals surface area contributed by atoms with Gasteiger partial charge in [-0.2, -0.15) is 18.2 Å². The number of ether oxygens (including phenoxy) is 2. The Hall–Kier alpha value is -2.81. The molecule has 10 heteroatoms. The molecule has 0 atom stereocenters. The number of aryl methyl sites for hydroxylation is 2. The number of alkyl halides is 3. The Morgan fingerprint density at radius 3 is 2.57 bits per heavy atom. The molecule has 0 unspecified atom stereocenters. The summed E-state index contributed by atoms with van der Waals surface area (Å²) in [4.78, 5) is 11.5. The van der Waals surface area contributed by atoms with Crippen molar-refractivity contribution in [1.29, 1.82) is 0 Å². The van der Waals surface area contributed by atoms with Crippen LogP contribution in [0.4, 0.5) is 13.2 Å². The fraction of sp³-hybridized carbons (Fsp3) is 0.278. The largest absolute Gasteiger partial charge is 0.490 e. The minimum Gasteiger partial charge on any atom is -0.490 e. The predicted molar refractivity (Wildman–Crippen MR) is 96.3 cm³/mol. The monoisotopic (exact) mass is 412 g/mol. The average molecular weight is 413 g/mol. The van der Waals surface area contributed by atoms with Gasteiger partial charge in [0, 0.05) is 18.8 Å². The van der Waals surface area contributed by atoms with Crippen LogP contribution in [0, 0.1) is 6.92 Å². The van der Waals surface area contributed by atoms with Gasteiger partial charge in [-0.15, -0.1) is 0 Å². The second kappa shape index (κ2) is 7.67. The number of halogens is 4. The first-order valence-electron chi connectivity index (χ1n) is 8.09. The molecule has 0 aliphatic rings. The highest BCUT2D eigenvalue weighted by Gasteiger charge is 2.34. The van der Waals surface area contributed by atoms with Crippen LogP contribution in [0.15, 0.2) is 30.6 Å². The third-order valence-corrected chi connectivity index (χ3v) is 4.17. The van der Waals surface area contributed by atoms with Gasteiger partial charge in [0.05, 0.1) is 13.3 Å². The van der Waals surface area contributed by atoms with Gasteiger partial charge < -0.3 is 14.0 Å². The molecule has 3 rings (SSSR count). The molecular formula is C18H16ClF3N4O2. The molecule has 0 N–H and O–H groups in total. The first-order valence-corrected chi connectivity index (χ1v) is 8.46. The van der Waals surface area contributed by atoms with Gasteiger partial charge in [0.2, 0.25) is 5.28 Å². The Balaban J connectivity index is 1.82. The molecule has 0 saturated carbocycles. The first kappa shape index (κ1) is 19.9. The summed E-state index contributed by atoms with van der Waals surface area (Å²) in [5.41, 5.74) is 1.23. The molecular weight excluding hydrogens is 397 g/mol. The minimum absolute atomic E-state index is 0.0255. The number of imidazole rings is 1. The third-order valence-electron chi connectivity index (χ3n) is 3.99. The van der Waals surface area contributed by atoms with Crippen LogP contribution in [0.3, 0.4) is 0 Å². The fourth-order valence-electron chi connectivity index (χ4n) is 2.65. The van der Waals surface area contributed by atoms with Crippen LogP contribution >= 0.6 is 11.6 Å². The van der Waals surface area contributed by atoms with E-state index in [0.29, 0.717) is 11.3 Å². The Kier molecular flexibility index (Phi) is 5.46. The molecule has 0 spiro atoms. The van der Waals surface area contributed by atoms with E-state index >= 15 is 0 Å². The van der Waals surface area contributed by atoms with Gasteiger partial charge in [0.15, 0.2) is 11.4 Å². The van der Waals surface area contributed by atoms with E-state index in [0.717, 1.165) is 17.3 Å². The normalized spacial score (nSPS) is 11.5. The predicted octanol–water partition coefficient (Wildman–Crippen LogP) is 4.45. The number of rotatable bonds is 5. The van der Waals surface area contributed by atoms with Gasteiger partial charge in [-0.25, -0.2) is 9.97 Å². The number of methoxy groups -OCH3 is 1. The van der Waals surface area contributed by atoms with Gasteiger partial charge in [-0.05, 0) is 29.7 Å². The Morgan fingerprint density at radius 2 is 1.96 bits per heavy atom. The highest BCUT2D eigenvalue weighted by atomic mass is 35.5. The summed E-state index contributed by atoms with van der Waals surface area (Å²) >= 11 is 5.77. The summed E-state index contributed by atoms with van der Waals surface area (Å²) in [6, 6.07) is 5.27. The average Bonchev–Trinajstić information content (AvgIpc) is 3.02. The van der Waals surface area contributed by atoms with Crippen LogP contribution in [0.5, 0.6) is 11.6 Å². The lowest BCUT2D eigenvalue weighted by atomic mass is 10.0. The maximum atomic E-state index is 12.9. The maximum Gasteiger partial charge on any atom is 0.434 e. The molecule has 0 bridgehead atoms. The lowest BCUT2D eigenvalue weighted by molar-refractivity contribution is -0.140. The lowest BCUT2D eigenvalue weighted by Crippen LogP contribution is -2.05. The summed E-state index contributed by atoms with van der Waals surface area (Å²) in [5.74, 6) is 0.773. The van der Waals surface area contributed by atoms with Crippen molar-refractivity contribution < 1.29 is 22.6 Å². The molecule has 0 radical (unpaired) electrons. The standard InChI is InChI=1S/C18H16ClF3N4O2/c1-10-6-11(9-28-16-13(27-3)7-23-17(19)25-16)4-5-12(10)15-24-14(8-26(15)2)18(20,21)22/h4-8H,9H2,1-3H3. The Bertz CT molecular complexity index is 1000. The highest BCUT2D eigenvalue weighted by Crippen LogP contribution is 2.32. The number of hydrogen-bond donors (Lipinski definition) is 0. The topological polar surface area (TPSA) is 62.1 Å². The van der Waals surface area contributed by atoms with Gasteiger partial charge in [0.1, 0.15) is 12.4 Å². The molecule has 0 aliphatic carbocycles. The van der Waals surface area contributed by atoms with Crippen molar-refractivity contribution >= 4 is 11.6 Å². The van der Waals surface area contributed by atoms with Crippen LogP contribution in [0.25, 0.3) is 11.4 Å². The van der Waals surface area contributed by atoms with E-state index in [-0.39, 0.29) is 23.6 Å². The number of nitrogens with zero attached hydrogens (tertiary/aromatic N) is 4. The minimum atomic E-state index is -4.49. The lowest BCUT2D eigenvalue weighted by Gasteiger charge is -2.11. The van der Waals surface area contributed by atoms with Crippen LogP contribution in [0.2, 0.25) is 5.28 Å². The van der Waals surface area contributed by atoms with E-state index in [2.05, 4.69) is 15.0 Å². The van der Waals surface area contributed by atoms with Crippen molar-refractivity contribution in [3.05, 3.63) is 52.7 Å². The van der Waals surface area contributed by atoms with E-state index in [9.17, 15) is 13.2 Å². The van der Waals surface area contributed by atoms with Crippen molar-refractivity contribution in [2.24, 2.45) is 7.05 Å². The zero-order valence-electron chi connectivity index (χ0n) is 15.2. The van der Waals surface area contributed by atoms with Gasteiger partial charge in [-0.1, -0.05) is 18.2 Å². The molecule has 6 nitrogen and oxygen atoms in total. The van der Waals surface area contributed by atoms with Crippen molar-refractivity contribution in [3.8, 4) is 23.0 Å². The quantitative estimate of drug-likeness (QED) is 0.579. The molecule has 0 aliphatic heterocycles. The molecule has 0 amide bonds. The molecule has 2 aromatic heterocycles. The van der Waals surface area contributed by atoms with E-state index in [4.69, 9.17) is 21.1 Å². The van der Waals surface area contributed by atoms with Gasteiger partial charge in [-0.3, -0.25) is 0 Å². The number of aromatic nitrogens is 4. The molecule has 1 aromatic carbocycles. The molecule has 28 heavy (non-hydrogen) atoms. The smallest absolute Gasteiger partial charge is 0.434 e. The number of hydrogen-bond acceptors (Lipinski definition) is 5. The van der Waals surface area contributed by atoms with E-state index in [1.165, 1.54) is 24.9 Å². The highest BCUT2D eigenvalue weighted by molar-refractivity contribution is 6.28. The zero-order valence-corrected chi connectivity index (χ0v) is 16.0. The summed E-state index contributed by atoms with van der Waals surface area (Å²) in [7, 11) is 2.99. The zero-order chi connectivity index (χ0) is 20.5. The van der Waals surface area contributed by atoms with Crippen molar-refractivity contribution in [2.45, 2.75) is 19.7 Å². The SMILES string of the molecule is COc1cnc(Cl)nc1OCc1ccc(-c2nc(C(F)(F)F)cn2C)c(C)c1. The summed E-state index contributed by atoms with van der Waals surface area (Å²) in [6.07, 6.45) is -2.12. The van der Waals surface area contributed by atoms with Crippen LogP contribution in [0.1, 0.15) is 16.8 Å².